The van der Waals surface area contributed by atoms with Crippen LogP contribution in [0.25, 0.3) is 0 Å². The summed E-state index contributed by atoms with van der Waals surface area (Å²) in [6.45, 7) is 3.07. The van der Waals surface area contributed by atoms with Crippen LogP contribution in [0, 0.1) is 5.41 Å². The first kappa shape index (κ1) is 21.9. The molecule has 11 heteroatoms. The van der Waals surface area contributed by atoms with E-state index in [0.29, 0.717) is 29.0 Å². The molecule has 7 nitrogen and oxygen atoms in total. The molecule has 5 rings (SSSR count). The number of aromatic nitrogens is 2. The first-order valence-electron chi connectivity index (χ1n) is 10.6. The van der Waals surface area contributed by atoms with Crippen LogP contribution in [0.1, 0.15) is 24.8 Å². The van der Waals surface area contributed by atoms with Crippen molar-refractivity contribution in [1.82, 2.24) is 9.97 Å². The van der Waals surface area contributed by atoms with Gasteiger partial charge in [0.15, 0.2) is 5.82 Å². The van der Waals surface area contributed by atoms with E-state index in [1.807, 2.05) is 0 Å². The largest absolute Gasteiger partial charge is 0.383 e. The van der Waals surface area contributed by atoms with E-state index in [2.05, 4.69) is 20.2 Å². The third-order valence-corrected chi connectivity index (χ3v) is 8.12. The van der Waals surface area contributed by atoms with Gasteiger partial charge in [0.05, 0.1) is 35.7 Å². The van der Waals surface area contributed by atoms with Crippen molar-refractivity contribution in [3.63, 3.8) is 0 Å². The van der Waals surface area contributed by atoms with Gasteiger partial charge in [-0.25, -0.2) is 18.7 Å². The van der Waals surface area contributed by atoms with Crippen LogP contribution < -0.4 is 21.7 Å². The lowest BCUT2D eigenvalue weighted by Crippen LogP contribution is -2.49. The lowest BCUT2D eigenvalue weighted by atomic mass is 9.75. The van der Waals surface area contributed by atoms with Crippen molar-refractivity contribution in [3.8, 4) is 0 Å². The van der Waals surface area contributed by atoms with Crippen molar-refractivity contribution in [1.29, 1.82) is 0 Å². The Morgan fingerprint density at radius 3 is 2.72 bits per heavy atom. The quantitative estimate of drug-likeness (QED) is 0.608. The second kappa shape index (κ2) is 8.16. The molecular weight excluding hydrogens is 458 g/mol. The molecule has 0 radical (unpaired) electrons. The van der Waals surface area contributed by atoms with Crippen molar-refractivity contribution in [2.75, 3.05) is 48.8 Å². The van der Waals surface area contributed by atoms with Gasteiger partial charge in [0.1, 0.15) is 10.8 Å². The highest BCUT2D eigenvalue weighted by molar-refractivity contribution is 7.99. The summed E-state index contributed by atoms with van der Waals surface area (Å²) in [6, 6.07) is 3.26. The second-order valence-electron chi connectivity index (χ2n) is 8.67. The summed E-state index contributed by atoms with van der Waals surface area (Å²) in [6.07, 6.45) is 3.20. The molecule has 5 N–H and O–H groups in total. The normalized spacial score (nSPS) is 23.8. The van der Waals surface area contributed by atoms with Gasteiger partial charge in [0, 0.05) is 42.4 Å². The summed E-state index contributed by atoms with van der Waals surface area (Å²) < 4.78 is 35.0. The van der Waals surface area contributed by atoms with Gasteiger partial charge in [-0.1, -0.05) is 23.4 Å². The van der Waals surface area contributed by atoms with Crippen LogP contribution >= 0.6 is 23.4 Å². The van der Waals surface area contributed by atoms with Crippen LogP contribution in [0.5, 0.6) is 0 Å². The molecule has 2 saturated heterocycles. The maximum Gasteiger partial charge on any atom is 0.278 e. The summed E-state index contributed by atoms with van der Waals surface area (Å²) in [5.74, 6) is -2.09. The minimum Gasteiger partial charge on any atom is -0.383 e. The van der Waals surface area contributed by atoms with Crippen molar-refractivity contribution < 1.29 is 13.5 Å². The van der Waals surface area contributed by atoms with Crippen LogP contribution in [0.4, 0.5) is 26.1 Å². The fraction of sp³-hybridized carbons (Fsp3) is 0.524. The van der Waals surface area contributed by atoms with Gasteiger partial charge in [0.25, 0.3) is 5.92 Å². The number of piperidine rings is 1. The second-order valence-corrected chi connectivity index (χ2v) is 10.1. The number of ether oxygens (including phenoxy) is 1. The van der Waals surface area contributed by atoms with Crippen LogP contribution in [0.3, 0.4) is 0 Å². The van der Waals surface area contributed by atoms with Gasteiger partial charge >= 0.3 is 0 Å². The minimum absolute atomic E-state index is 0.0399. The van der Waals surface area contributed by atoms with Crippen LogP contribution in [0.2, 0.25) is 5.02 Å². The maximum absolute atomic E-state index is 14.7. The number of alkyl halides is 2. The Hall–Kier alpha value is -1.88. The van der Waals surface area contributed by atoms with E-state index >= 15 is 0 Å². The number of anilines is 3. The Kier molecular flexibility index (Phi) is 5.59. The number of halogens is 3. The molecule has 3 aliphatic heterocycles. The number of nitrogens with one attached hydrogen (secondary N) is 1. The molecule has 1 aromatic carbocycles. The van der Waals surface area contributed by atoms with E-state index in [1.54, 1.807) is 18.3 Å². The van der Waals surface area contributed by atoms with Gasteiger partial charge < -0.3 is 26.4 Å². The maximum atomic E-state index is 14.7. The van der Waals surface area contributed by atoms with Gasteiger partial charge in [-0.05, 0) is 25.0 Å². The van der Waals surface area contributed by atoms with Crippen molar-refractivity contribution in [2.24, 2.45) is 11.1 Å². The van der Waals surface area contributed by atoms with E-state index < -0.39 is 5.92 Å². The smallest absolute Gasteiger partial charge is 0.278 e. The molecule has 0 saturated carbocycles. The number of rotatable bonds is 3. The van der Waals surface area contributed by atoms with Crippen molar-refractivity contribution >= 4 is 40.7 Å². The molecule has 3 aliphatic rings. The first-order valence-corrected chi connectivity index (χ1v) is 11.8. The zero-order chi connectivity index (χ0) is 22.5. The topological polar surface area (TPSA) is 102 Å². The molecule has 32 heavy (non-hydrogen) atoms. The monoisotopic (exact) mass is 482 g/mol. The number of nitrogens with two attached hydrogens (primary N) is 2. The lowest BCUT2D eigenvalue weighted by molar-refractivity contribution is -0.0149. The van der Waals surface area contributed by atoms with Crippen LogP contribution in [0.15, 0.2) is 28.3 Å². The molecule has 0 bridgehead atoms. The fourth-order valence-corrected chi connectivity index (χ4v) is 5.91. The van der Waals surface area contributed by atoms with E-state index in [-0.39, 0.29) is 46.5 Å². The van der Waals surface area contributed by atoms with E-state index in [0.717, 1.165) is 37.7 Å². The summed E-state index contributed by atoms with van der Waals surface area (Å²) in [7, 11) is 0. The number of nitrogen functional groups attached to an aromatic ring is 1. The number of benzene rings is 1. The molecule has 2 fully saturated rings. The Labute approximate surface area is 194 Å². The third kappa shape index (κ3) is 3.76. The van der Waals surface area contributed by atoms with Gasteiger partial charge in [-0.15, -0.1) is 0 Å². The van der Waals surface area contributed by atoms with Crippen molar-refractivity contribution in [2.45, 2.75) is 41.1 Å². The highest BCUT2D eigenvalue weighted by Crippen LogP contribution is 2.49. The molecule has 2 aromatic rings. The van der Waals surface area contributed by atoms with Gasteiger partial charge in [-0.2, -0.15) is 0 Å². The predicted octanol–water partition coefficient (Wildman–Crippen LogP) is 3.71. The molecule has 1 aromatic heterocycles. The molecular formula is C21H25ClF2N6OS. The lowest BCUT2D eigenvalue weighted by Gasteiger charge is -2.41. The first-order chi connectivity index (χ1) is 15.3. The van der Waals surface area contributed by atoms with E-state index in [9.17, 15) is 8.78 Å². The standard InChI is InChI=1S/C21H25ClF2N6OS/c22-12-1-2-13(16-17(12)27-6-3-21(16,23)24)32-19-18(26)29-15(9-28-19)30-7-4-20(5-8-30)11-31-10-14(20)25/h1-2,9,14,27H,3-8,10-11,25H2,(H2,26,29)/t14-/m1/s1. The summed E-state index contributed by atoms with van der Waals surface area (Å²) in [5, 5.41) is 3.65. The van der Waals surface area contributed by atoms with Crippen LogP contribution in [-0.4, -0.2) is 48.9 Å². The van der Waals surface area contributed by atoms with Crippen molar-refractivity contribution in [3.05, 3.63) is 28.9 Å². The van der Waals surface area contributed by atoms with E-state index in [1.165, 1.54) is 0 Å². The zero-order valence-electron chi connectivity index (χ0n) is 17.4. The number of hydrogen-bond donors (Lipinski definition) is 3. The van der Waals surface area contributed by atoms with Gasteiger partial charge in [-0.3, -0.25) is 0 Å². The molecule has 172 valence electrons. The van der Waals surface area contributed by atoms with E-state index in [4.69, 9.17) is 27.8 Å². The highest BCUT2D eigenvalue weighted by Gasteiger charge is 2.44. The molecule has 4 heterocycles. The molecule has 1 atom stereocenters. The fourth-order valence-electron chi connectivity index (χ4n) is 4.74. The Morgan fingerprint density at radius 2 is 2.03 bits per heavy atom. The summed E-state index contributed by atoms with van der Waals surface area (Å²) >= 11 is 7.24. The van der Waals surface area contributed by atoms with Gasteiger partial charge in [0.2, 0.25) is 0 Å². The predicted molar refractivity (Wildman–Crippen MR) is 122 cm³/mol. The third-order valence-electron chi connectivity index (χ3n) is 6.74. The number of hydrogen-bond acceptors (Lipinski definition) is 8. The zero-order valence-corrected chi connectivity index (χ0v) is 19.0. The SMILES string of the molecule is Nc1nc(N2CCC3(CC2)COC[C@H]3N)cnc1Sc1ccc(Cl)c2c1C(F)(F)CCN2. The highest BCUT2D eigenvalue weighted by atomic mass is 35.5. The summed E-state index contributed by atoms with van der Waals surface area (Å²) in [5.41, 5.74) is 12.7. The molecule has 0 aliphatic carbocycles. The Balaban J connectivity index is 1.35. The number of nitrogens with zero attached hydrogens (tertiary/aromatic N) is 3. The van der Waals surface area contributed by atoms with Crippen LogP contribution in [-0.2, 0) is 10.7 Å². The molecule has 0 unspecified atom stereocenters. The average Bonchev–Trinajstić information content (AvgIpc) is 3.11. The Morgan fingerprint density at radius 1 is 1.25 bits per heavy atom. The Bertz CT molecular complexity index is 1030. The number of fused-ring (bicyclic) bond motifs is 1. The minimum atomic E-state index is -2.98. The average molecular weight is 483 g/mol. The molecule has 1 spiro atoms. The summed E-state index contributed by atoms with van der Waals surface area (Å²) in [4.78, 5) is 11.5. The molecule has 0 amide bonds.